The fourth-order valence-electron chi connectivity index (χ4n) is 2.53. The molecule has 2 aromatic rings. The smallest absolute Gasteiger partial charge is 0.247 e. The lowest BCUT2D eigenvalue weighted by atomic mass is 10.1. The highest BCUT2D eigenvalue weighted by molar-refractivity contribution is 5.83. The van der Waals surface area contributed by atoms with Gasteiger partial charge in [-0.2, -0.15) is 15.1 Å². The van der Waals surface area contributed by atoms with E-state index in [0.29, 0.717) is 11.2 Å². The average Bonchev–Trinajstić information content (AvgIpc) is 3.10. The highest BCUT2D eigenvalue weighted by Crippen LogP contribution is 2.32. The number of nitrogens with two attached hydrogens (primary N) is 1. The molecule has 0 aliphatic carbocycles. The van der Waals surface area contributed by atoms with Crippen LogP contribution < -0.4 is 11.2 Å². The van der Waals surface area contributed by atoms with Crippen LogP contribution in [0.5, 0.6) is 0 Å². The van der Waals surface area contributed by atoms with Gasteiger partial charge in [-0.1, -0.05) is 13.8 Å². The number of nitrogen functional groups attached to an aromatic ring is 1. The maximum atomic E-state index is 10.2. The molecule has 0 aromatic carbocycles. The van der Waals surface area contributed by atoms with E-state index in [1.165, 1.54) is 10.9 Å². The van der Waals surface area contributed by atoms with E-state index < -0.39 is 31.1 Å². The summed E-state index contributed by atoms with van der Waals surface area (Å²) in [5.41, 5.74) is 9.23. The Kier molecular flexibility index (Phi) is 4.81. The summed E-state index contributed by atoms with van der Waals surface area (Å²) in [5, 5.41) is 33.3. The molecule has 0 bridgehead atoms. The van der Waals surface area contributed by atoms with Crippen molar-refractivity contribution in [2.75, 3.05) is 17.8 Å². The van der Waals surface area contributed by atoms with Gasteiger partial charge in [0.25, 0.3) is 0 Å². The lowest BCUT2D eigenvalue weighted by Gasteiger charge is -2.16. The van der Waals surface area contributed by atoms with Gasteiger partial charge in [0.05, 0.1) is 12.9 Å². The summed E-state index contributed by atoms with van der Waals surface area (Å²) < 4.78 is 6.94. The number of aliphatic hydroxyl groups excluding tert-OH is 3. The Morgan fingerprint density at radius 1 is 1.40 bits per heavy atom. The van der Waals surface area contributed by atoms with Gasteiger partial charge in [0, 0.05) is 6.21 Å². The first-order chi connectivity index (χ1) is 11.9. The molecule has 1 aliphatic rings. The topological polar surface area (TPSA) is 164 Å². The average molecular weight is 351 g/mol. The van der Waals surface area contributed by atoms with Crippen molar-refractivity contribution in [3.05, 3.63) is 6.33 Å². The normalized spacial score (nSPS) is 27.0. The van der Waals surface area contributed by atoms with Gasteiger partial charge < -0.3 is 25.8 Å². The summed E-state index contributed by atoms with van der Waals surface area (Å²) in [6.07, 6.45) is -1.26. The molecule has 0 amide bonds. The number of hydrazone groups is 1. The maximum Gasteiger partial charge on any atom is 0.247 e. The van der Waals surface area contributed by atoms with Crippen LogP contribution in [0.2, 0.25) is 0 Å². The molecule has 3 rings (SSSR count). The van der Waals surface area contributed by atoms with Gasteiger partial charge in [-0.25, -0.2) is 10.4 Å². The van der Waals surface area contributed by atoms with Crippen molar-refractivity contribution in [3.8, 4) is 0 Å². The zero-order valence-electron chi connectivity index (χ0n) is 13.8. The van der Waals surface area contributed by atoms with Gasteiger partial charge in [0.15, 0.2) is 17.7 Å². The van der Waals surface area contributed by atoms with E-state index in [1.807, 2.05) is 13.8 Å². The number of anilines is 2. The third-order valence-electron chi connectivity index (χ3n) is 3.78. The number of nitrogens with one attached hydrogen (secondary N) is 1. The van der Waals surface area contributed by atoms with Crippen molar-refractivity contribution < 1.29 is 20.1 Å². The molecule has 11 heteroatoms. The second-order valence-electron chi connectivity index (χ2n) is 6.12. The van der Waals surface area contributed by atoms with Gasteiger partial charge in [0.2, 0.25) is 5.95 Å². The molecule has 136 valence electrons. The number of aliphatic hydroxyl groups is 3. The maximum absolute atomic E-state index is 10.2. The second kappa shape index (κ2) is 6.88. The molecule has 2 aromatic heterocycles. The van der Waals surface area contributed by atoms with Crippen molar-refractivity contribution in [1.82, 2.24) is 19.5 Å². The van der Waals surface area contributed by atoms with Crippen LogP contribution in [-0.4, -0.2) is 66.0 Å². The summed E-state index contributed by atoms with van der Waals surface area (Å²) in [6.45, 7) is 3.52. The van der Waals surface area contributed by atoms with Gasteiger partial charge in [-0.3, -0.25) is 4.57 Å². The van der Waals surface area contributed by atoms with Crippen molar-refractivity contribution in [3.63, 3.8) is 0 Å². The second-order valence-corrected chi connectivity index (χ2v) is 6.12. The SMILES string of the molecule is CC(C)/C=N/Nc1nc(N)c2ncn([C@@H]3O[C@H](CO)[C@@H](O)[C@H]3O)c2n1. The number of nitrogens with zero attached hydrogens (tertiary/aromatic N) is 5. The fraction of sp³-hybridized carbons (Fsp3) is 0.571. The number of ether oxygens (including phenoxy) is 1. The lowest BCUT2D eigenvalue weighted by molar-refractivity contribution is -0.0511. The van der Waals surface area contributed by atoms with E-state index >= 15 is 0 Å². The number of aromatic nitrogens is 4. The van der Waals surface area contributed by atoms with E-state index in [2.05, 4.69) is 25.5 Å². The van der Waals surface area contributed by atoms with Crippen molar-refractivity contribution in [2.45, 2.75) is 38.4 Å². The molecular weight excluding hydrogens is 330 g/mol. The molecule has 0 spiro atoms. The van der Waals surface area contributed by atoms with Crippen LogP contribution in [0.25, 0.3) is 11.2 Å². The number of hydrogen-bond donors (Lipinski definition) is 5. The van der Waals surface area contributed by atoms with Crippen LogP contribution in [0.15, 0.2) is 11.4 Å². The van der Waals surface area contributed by atoms with E-state index in [-0.39, 0.29) is 17.7 Å². The predicted molar refractivity (Wildman–Crippen MR) is 89.7 cm³/mol. The molecule has 6 N–H and O–H groups in total. The van der Waals surface area contributed by atoms with Crippen molar-refractivity contribution in [2.24, 2.45) is 11.0 Å². The Hall–Kier alpha value is -2.34. The lowest BCUT2D eigenvalue weighted by Crippen LogP contribution is -2.33. The molecule has 1 saturated heterocycles. The molecule has 11 nitrogen and oxygen atoms in total. The van der Waals surface area contributed by atoms with Gasteiger partial charge in [-0.15, -0.1) is 0 Å². The van der Waals surface area contributed by atoms with Crippen LogP contribution in [0.3, 0.4) is 0 Å². The fourth-order valence-corrected chi connectivity index (χ4v) is 2.53. The third kappa shape index (κ3) is 3.26. The number of rotatable bonds is 5. The van der Waals surface area contributed by atoms with Crippen molar-refractivity contribution >= 4 is 29.1 Å². The third-order valence-corrected chi connectivity index (χ3v) is 3.78. The molecule has 1 fully saturated rings. The van der Waals surface area contributed by atoms with Crippen LogP contribution >= 0.6 is 0 Å². The summed E-state index contributed by atoms with van der Waals surface area (Å²) in [5.74, 6) is 0.547. The number of fused-ring (bicyclic) bond motifs is 1. The molecule has 0 radical (unpaired) electrons. The highest BCUT2D eigenvalue weighted by Gasteiger charge is 2.44. The van der Waals surface area contributed by atoms with Gasteiger partial charge in [0.1, 0.15) is 23.8 Å². The summed E-state index contributed by atoms with van der Waals surface area (Å²) in [6, 6.07) is 0. The standard InChI is InChI=1S/C14H21N7O4/c1-6(2)3-17-20-14-18-11(15)8-12(19-14)21(5-16-8)13-10(24)9(23)7(4-22)25-13/h3,5-7,9-10,13,22-24H,4H2,1-2H3,(H3,15,18,19,20)/b17-3+/t7-,9-,10-,13-/m1/s1. The minimum absolute atomic E-state index is 0.137. The molecule has 25 heavy (non-hydrogen) atoms. The largest absolute Gasteiger partial charge is 0.394 e. The Morgan fingerprint density at radius 3 is 2.80 bits per heavy atom. The minimum atomic E-state index is -1.25. The highest BCUT2D eigenvalue weighted by atomic mass is 16.6. The molecule has 1 aliphatic heterocycles. The molecule has 3 heterocycles. The zero-order chi connectivity index (χ0) is 18.1. The Bertz CT molecular complexity index is 778. The van der Waals surface area contributed by atoms with E-state index in [4.69, 9.17) is 10.5 Å². The first kappa shape index (κ1) is 17.5. The molecular formula is C14H21N7O4. The number of hydrogen-bond acceptors (Lipinski definition) is 10. The van der Waals surface area contributed by atoms with Crippen LogP contribution in [-0.2, 0) is 4.74 Å². The first-order valence-electron chi connectivity index (χ1n) is 7.84. The predicted octanol–water partition coefficient (Wildman–Crippen LogP) is -0.926. The molecule has 4 atom stereocenters. The van der Waals surface area contributed by atoms with Gasteiger partial charge >= 0.3 is 0 Å². The van der Waals surface area contributed by atoms with Crippen LogP contribution in [0.4, 0.5) is 11.8 Å². The Labute approximate surface area is 143 Å². The first-order valence-corrected chi connectivity index (χ1v) is 7.84. The summed E-state index contributed by atoms with van der Waals surface area (Å²) in [4.78, 5) is 12.5. The van der Waals surface area contributed by atoms with Gasteiger partial charge in [-0.05, 0) is 5.92 Å². The molecule has 0 saturated carbocycles. The van der Waals surface area contributed by atoms with Crippen molar-refractivity contribution in [1.29, 1.82) is 0 Å². The van der Waals surface area contributed by atoms with E-state index in [9.17, 15) is 15.3 Å². The zero-order valence-corrected chi connectivity index (χ0v) is 13.8. The minimum Gasteiger partial charge on any atom is -0.394 e. The molecule has 0 unspecified atom stereocenters. The van der Waals surface area contributed by atoms with E-state index in [1.54, 1.807) is 6.21 Å². The number of imidazole rings is 1. The van der Waals surface area contributed by atoms with E-state index in [0.717, 1.165) is 0 Å². The van der Waals surface area contributed by atoms with Crippen LogP contribution in [0, 0.1) is 5.92 Å². The summed E-state index contributed by atoms with van der Waals surface area (Å²) >= 11 is 0. The Balaban J connectivity index is 1.95. The summed E-state index contributed by atoms with van der Waals surface area (Å²) in [7, 11) is 0. The van der Waals surface area contributed by atoms with Crippen LogP contribution in [0.1, 0.15) is 20.1 Å². The monoisotopic (exact) mass is 351 g/mol. The Morgan fingerprint density at radius 2 is 2.16 bits per heavy atom. The quantitative estimate of drug-likeness (QED) is 0.338.